The second-order valence-corrected chi connectivity index (χ2v) is 6.26. The standard InChI is InChI=1S/C17H25N5O2/c1-14(13-22-10-5-7-19-22)20-17(23)18-12-15(16-6-4-11-24-16)21-8-2-3-9-21/h4-7,10-11,14-15H,2-3,8-9,12-13H2,1H3,(H2,18,20,23)/t14-,15-/m1/s1. The van der Waals surface area contributed by atoms with Gasteiger partial charge < -0.3 is 15.1 Å². The molecule has 1 saturated heterocycles. The van der Waals surface area contributed by atoms with E-state index in [4.69, 9.17) is 4.42 Å². The molecule has 0 spiro atoms. The van der Waals surface area contributed by atoms with E-state index < -0.39 is 0 Å². The van der Waals surface area contributed by atoms with Crippen molar-refractivity contribution in [1.82, 2.24) is 25.3 Å². The van der Waals surface area contributed by atoms with Gasteiger partial charge in [0, 0.05) is 25.0 Å². The van der Waals surface area contributed by atoms with Gasteiger partial charge in [0.15, 0.2) is 0 Å². The Labute approximate surface area is 142 Å². The third-order valence-electron chi connectivity index (χ3n) is 4.31. The summed E-state index contributed by atoms with van der Waals surface area (Å²) in [4.78, 5) is 14.5. The lowest BCUT2D eigenvalue weighted by atomic mass is 10.2. The van der Waals surface area contributed by atoms with Crippen LogP contribution in [0.15, 0.2) is 41.3 Å². The first kappa shape index (κ1) is 16.6. The number of nitrogens with zero attached hydrogens (tertiary/aromatic N) is 3. The summed E-state index contributed by atoms with van der Waals surface area (Å²) in [5.74, 6) is 0.904. The summed E-state index contributed by atoms with van der Waals surface area (Å²) in [5.41, 5.74) is 0. The number of urea groups is 1. The van der Waals surface area contributed by atoms with E-state index in [-0.39, 0.29) is 18.1 Å². The first-order chi connectivity index (χ1) is 11.7. The first-order valence-corrected chi connectivity index (χ1v) is 8.51. The molecule has 0 unspecified atom stereocenters. The summed E-state index contributed by atoms with van der Waals surface area (Å²) in [6, 6.07) is 5.67. The summed E-state index contributed by atoms with van der Waals surface area (Å²) in [6.45, 7) is 5.24. The quantitative estimate of drug-likeness (QED) is 0.814. The second kappa shape index (κ2) is 8.01. The average molecular weight is 331 g/mol. The van der Waals surface area contributed by atoms with Crippen LogP contribution < -0.4 is 10.6 Å². The van der Waals surface area contributed by atoms with Gasteiger partial charge in [-0.15, -0.1) is 0 Å². The number of amides is 2. The molecule has 24 heavy (non-hydrogen) atoms. The van der Waals surface area contributed by atoms with E-state index in [1.54, 1.807) is 17.1 Å². The van der Waals surface area contributed by atoms with Crippen molar-refractivity contribution in [3.63, 3.8) is 0 Å². The number of carbonyl (C=O) groups excluding carboxylic acids is 1. The molecule has 2 aromatic heterocycles. The minimum Gasteiger partial charge on any atom is -0.468 e. The van der Waals surface area contributed by atoms with Gasteiger partial charge in [-0.3, -0.25) is 9.58 Å². The molecule has 3 heterocycles. The first-order valence-electron chi connectivity index (χ1n) is 8.51. The van der Waals surface area contributed by atoms with E-state index >= 15 is 0 Å². The molecule has 1 fully saturated rings. The zero-order chi connectivity index (χ0) is 16.8. The Hall–Kier alpha value is -2.28. The van der Waals surface area contributed by atoms with Gasteiger partial charge in [-0.2, -0.15) is 5.10 Å². The average Bonchev–Trinajstić information content (AvgIpc) is 3.31. The van der Waals surface area contributed by atoms with Crippen LogP contribution in [0.25, 0.3) is 0 Å². The Morgan fingerprint density at radius 1 is 1.38 bits per heavy atom. The van der Waals surface area contributed by atoms with Gasteiger partial charge in [-0.05, 0) is 51.1 Å². The van der Waals surface area contributed by atoms with Crippen LogP contribution in [-0.2, 0) is 6.54 Å². The van der Waals surface area contributed by atoms with Gasteiger partial charge in [0.2, 0.25) is 0 Å². The normalized spacial score (nSPS) is 17.5. The largest absolute Gasteiger partial charge is 0.468 e. The van der Waals surface area contributed by atoms with E-state index in [1.807, 2.05) is 31.3 Å². The number of carbonyl (C=O) groups is 1. The molecule has 2 amide bonds. The Morgan fingerprint density at radius 2 is 2.21 bits per heavy atom. The van der Waals surface area contributed by atoms with Crippen LogP contribution in [0.5, 0.6) is 0 Å². The van der Waals surface area contributed by atoms with Crippen molar-refractivity contribution in [2.45, 2.75) is 38.4 Å². The number of nitrogens with one attached hydrogen (secondary N) is 2. The molecule has 2 N–H and O–H groups in total. The highest BCUT2D eigenvalue weighted by Crippen LogP contribution is 2.24. The molecule has 2 atom stereocenters. The molecule has 0 saturated carbocycles. The predicted octanol–water partition coefficient (Wildman–Crippen LogP) is 2.00. The number of furan rings is 1. The van der Waals surface area contributed by atoms with Crippen molar-refractivity contribution in [3.05, 3.63) is 42.6 Å². The molecule has 7 heteroatoms. The van der Waals surface area contributed by atoms with Crippen LogP contribution in [-0.4, -0.2) is 46.4 Å². The zero-order valence-electron chi connectivity index (χ0n) is 14.0. The lowest BCUT2D eigenvalue weighted by Gasteiger charge is -2.26. The Bertz CT molecular complexity index is 605. The van der Waals surface area contributed by atoms with Gasteiger partial charge in [0.1, 0.15) is 5.76 Å². The SMILES string of the molecule is C[C@H](Cn1cccn1)NC(=O)NC[C@H](c1ccco1)N1CCCC1. The van der Waals surface area contributed by atoms with Crippen molar-refractivity contribution in [3.8, 4) is 0 Å². The van der Waals surface area contributed by atoms with Gasteiger partial charge in [0.25, 0.3) is 0 Å². The van der Waals surface area contributed by atoms with Gasteiger partial charge in [0.05, 0.1) is 18.8 Å². The zero-order valence-corrected chi connectivity index (χ0v) is 14.0. The van der Waals surface area contributed by atoms with Crippen LogP contribution in [0, 0.1) is 0 Å². The van der Waals surface area contributed by atoms with E-state index in [0.717, 1.165) is 18.8 Å². The highest BCUT2D eigenvalue weighted by molar-refractivity contribution is 5.74. The Kier molecular flexibility index (Phi) is 5.53. The van der Waals surface area contributed by atoms with Crippen molar-refractivity contribution < 1.29 is 9.21 Å². The van der Waals surface area contributed by atoms with E-state index in [1.165, 1.54) is 12.8 Å². The molecule has 0 aliphatic carbocycles. The fraction of sp³-hybridized carbons (Fsp3) is 0.529. The molecule has 130 valence electrons. The van der Waals surface area contributed by atoms with Gasteiger partial charge >= 0.3 is 6.03 Å². The lowest BCUT2D eigenvalue weighted by Crippen LogP contribution is -2.45. The maximum absolute atomic E-state index is 12.2. The van der Waals surface area contributed by atoms with Crippen LogP contribution in [0.4, 0.5) is 4.79 Å². The van der Waals surface area contributed by atoms with Crippen LogP contribution in [0.1, 0.15) is 31.6 Å². The maximum Gasteiger partial charge on any atom is 0.315 e. The Balaban J connectivity index is 1.49. The molecule has 0 aromatic carbocycles. The fourth-order valence-corrected chi connectivity index (χ4v) is 3.14. The molecule has 1 aliphatic rings. The highest BCUT2D eigenvalue weighted by Gasteiger charge is 2.26. The molecule has 2 aromatic rings. The van der Waals surface area contributed by atoms with Crippen LogP contribution >= 0.6 is 0 Å². The van der Waals surface area contributed by atoms with Crippen LogP contribution in [0.2, 0.25) is 0 Å². The third kappa shape index (κ3) is 4.38. The highest BCUT2D eigenvalue weighted by atomic mass is 16.3. The smallest absolute Gasteiger partial charge is 0.315 e. The number of hydrogen-bond acceptors (Lipinski definition) is 4. The third-order valence-corrected chi connectivity index (χ3v) is 4.31. The molecule has 3 rings (SSSR count). The van der Waals surface area contributed by atoms with Crippen molar-refractivity contribution in [2.75, 3.05) is 19.6 Å². The summed E-state index contributed by atoms with van der Waals surface area (Å²) in [5, 5.41) is 10.1. The summed E-state index contributed by atoms with van der Waals surface area (Å²) >= 11 is 0. The van der Waals surface area contributed by atoms with Gasteiger partial charge in [-0.25, -0.2) is 4.79 Å². The molecular weight excluding hydrogens is 306 g/mol. The monoisotopic (exact) mass is 331 g/mol. The van der Waals surface area contributed by atoms with Crippen molar-refractivity contribution in [1.29, 1.82) is 0 Å². The molecule has 0 radical (unpaired) electrons. The summed E-state index contributed by atoms with van der Waals surface area (Å²) < 4.78 is 7.37. The van der Waals surface area contributed by atoms with E-state index in [2.05, 4.69) is 20.6 Å². The van der Waals surface area contributed by atoms with E-state index in [9.17, 15) is 4.79 Å². The maximum atomic E-state index is 12.2. The number of rotatable bonds is 7. The molecule has 0 bridgehead atoms. The minimum atomic E-state index is -0.162. The number of aromatic nitrogens is 2. The summed E-state index contributed by atoms with van der Waals surface area (Å²) in [7, 11) is 0. The topological polar surface area (TPSA) is 75.3 Å². The predicted molar refractivity (Wildman–Crippen MR) is 90.5 cm³/mol. The lowest BCUT2D eigenvalue weighted by molar-refractivity contribution is 0.202. The fourth-order valence-electron chi connectivity index (χ4n) is 3.14. The molecule has 1 aliphatic heterocycles. The second-order valence-electron chi connectivity index (χ2n) is 6.26. The van der Waals surface area contributed by atoms with Crippen molar-refractivity contribution in [2.24, 2.45) is 0 Å². The Morgan fingerprint density at radius 3 is 2.88 bits per heavy atom. The minimum absolute atomic E-state index is 0.00116. The van der Waals surface area contributed by atoms with E-state index in [0.29, 0.717) is 13.1 Å². The molecule has 7 nitrogen and oxygen atoms in total. The van der Waals surface area contributed by atoms with Crippen molar-refractivity contribution >= 4 is 6.03 Å². The van der Waals surface area contributed by atoms with Crippen LogP contribution in [0.3, 0.4) is 0 Å². The summed E-state index contributed by atoms with van der Waals surface area (Å²) in [6.07, 6.45) is 7.70. The van der Waals surface area contributed by atoms with Gasteiger partial charge in [-0.1, -0.05) is 0 Å². The molecular formula is C17H25N5O2. The number of likely N-dealkylation sites (tertiary alicyclic amines) is 1. The number of hydrogen-bond donors (Lipinski definition) is 2.